The number of carbonyl (C=O) groups excluding carboxylic acids is 2. The Labute approximate surface area is 152 Å². The molecule has 1 unspecified atom stereocenters. The number of benzene rings is 1. The van der Waals surface area contributed by atoms with Crippen molar-refractivity contribution in [3.05, 3.63) is 24.3 Å². The molecule has 0 bridgehead atoms. The lowest BCUT2D eigenvalue weighted by atomic mass is 9.86. The van der Waals surface area contributed by atoms with E-state index in [1.54, 1.807) is 6.07 Å². The lowest BCUT2D eigenvalue weighted by molar-refractivity contribution is -0.153. The van der Waals surface area contributed by atoms with Crippen molar-refractivity contribution >= 4 is 17.6 Å². The third kappa shape index (κ3) is 6.61. The van der Waals surface area contributed by atoms with Crippen molar-refractivity contribution in [3.8, 4) is 5.75 Å². The minimum absolute atomic E-state index is 0.0999. The predicted octanol–water partition coefficient (Wildman–Crippen LogP) is 4.52. The molecule has 1 saturated carbocycles. The molecular formula is C19H25F2NO4. The molecule has 26 heavy (non-hydrogen) atoms. The van der Waals surface area contributed by atoms with Gasteiger partial charge in [0.2, 0.25) is 0 Å². The lowest BCUT2D eigenvalue weighted by Gasteiger charge is -2.21. The van der Waals surface area contributed by atoms with E-state index in [0.717, 1.165) is 19.3 Å². The summed E-state index contributed by atoms with van der Waals surface area (Å²) in [5.74, 6) is -0.609. The number of hydrogen-bond donors (Lipinski definition) is 1. The Kier molecular flexibility index (Phi) is 7.81. The lowest BCUT2D eigenvalue weighted by Crippen LogP contribution is -2.30. The summed E-state index contributed by atoms with van der Waals surface area (Å²) in [5.41, 5.74) is 0.0999. The number of anilines is 1. The SMILES string of the molecule is CC(OC(=O)CCC1CCCCC1)C(=O)Nc1ccccc1OC(F)F. The maximum absolute atomic E-state index is 12.4. The molecule has 0 radical (unpaired) electrons. The van der Waals surface area contributed by atoms with Gasteiger partial charge in [0.05, 0.1) is 5.69 Å². The van der Waals surface area contributed by atoms with E-state index in [9.17, 15) is 18.4 Å². The maximum atomic E-state index is 12.4. The molecule has 1 aliphatic rings. The van der Waals surface area contributed by atoms with Crippen LogP contribution >= 0.6 is 0 Å². The van der Waals surface area contributed by atoms with Crippen LogP contribution in [0, 0.1) is 5.92 Å². The Balaban J connectivity index is 1.80. The van der Waals surface area contributed by atoms with Gasteiger partial charge in [0.25, 0.3) is 5.91 Å². The number of ether oxygens (including phenoxy) is 2. The van der Waals surface area contributed by atoms with Crippen molar-refractivity contribution in [3.63, 3.8) is 0 Å². The Morgan fingerprint density at radius 2 is 1.88 bits per heavy atom. The first-order valence-electron chi connectivity index (χ1n) is 9.00. The van der Waals surface area contributed by atoms with Crippen LogP contribution < -0.4 is 10.1 Å². The fourth-order valence-corrected chi connectivity index (χ4v) is 3.11. The zero-order chi connectivity index (χ0) is 18.9. The van der Waals surface area contributed by atoms with Crippen LogP contribution in [-0.2, 0) is 14.3 Å². The van der Waals surface area contributed by atoms with Crippen LogP contribution in [0.2, 0.25) is 0 Å². The molecule has 0 aromatic heterocycles. The quantitative estimate of drug-likeness (QED) is 0.685. The van der Waals surface area contributed by atoms with Gasteiger partial charge in [-0.25, -0.2) is 0 Å². The third-order valence-electron chi connectivity index (χ3n) is 4.52. The summed E-state index contributed by atoms with van der Waals surface area (Å²) < 4.78 is 34.3. The minimum atomic E-state index is -3.00. The van der Waals surface area contributed by atoms with E-state index in [4.69, 9.17) is 4.74 Å². The third-order valence-corrected chi connectivity index (χ3v) is 4.52. The molecule has 0 spiro atoms. The largest absolute Gasteiger partial charge is 0.453 e. The van der Waals surface area contributed by atoms with E-state index >= 15 is 0 Å². The summed E-state index contributed by atoms with van der Waals surface area (Å²) in [4.78, 5) is 24.1. The molecule has 1 amide bonds. The Hall–Kier alpha value is -2.18. The maximum Gasteiger partial charge on any atom is 0.387 e. The van der Waals surface area contributed by atoms with Gasteiger partial charge in [0.1, 0.15) is 5.75 Å². The van der Waals surface area contributed by atoms with E-state index in [1.807, 2.05) is 0 Å². The standard InChI is InChI=1S/C19H25F2NO4/c1-13(25-17(23)12-11-14-7-3-2-4-8-14)18(24)22-15-9-5-6-10-16(15)26-19(20)21/h5-6,9-10,13-14,19H,2-4,7-8,11-12H2,1H3,(H,22,24). The normalized spacial score (nSPS) is 16.2. The molecule has 0 aliphatic heterocycles. The fraction of sp³-hybridized carbons (Fsp3) is 0.579. The van der Waals surface area contributed by atoms with Gasteiger partial charge < -0.3 is 14.8 Å². The molecule has 0 heterocycles. The van der Waals surface area contributed by atoms with Crippen LogP contribution in [0.3, 0.4) is 0 Å². The van der Waals surface area contributed by atoms with E-state index in [0.29, 0.717) is 5.92 Å². The van der Waals surface area contributed by atoms with Gasteiger partial charge in [-0.1, -0.05) is 44.2 Å². The first-order chi connectivity index (χ1) is 12.5. The van der Waals surface area contributed by atoms with Crippen molar-refractivity contribution in [2.75, 3.05) is 5.32 Å². The summed E-state index contributed by atoms with van der Waals surface area (Å²) in [7, 11) is 0. The zero-order valence-corrected chi connectivity index (χ0v) is 14.9. The van der Waals surface area contributed by atoms with Gasteiger partial charge in [-0.3, -0.25) is 9.59 Å². The highest BCUT2D eigenvalue weighted by molar-refractivity contribution is 5.96. The number of amides is 1. The number of carbonyl (C=O) groups is 2. The van der Waals surface area contributed by atoms with Crippen LogP contribution in [0.1, 0.15) is 51.9 Å². The molecule has 1 aliphatic carbocycles. The fourth-order valence-electron chi connectivity index (χ4n) is 3.11. The Morgan fingerprint density at radius 1 is 1.19 bits per heavy atom. The second kappa shape index (κ2) is 10.1. The van der Waals surface area contributed by atoms with Gasteiger partial charge in [-0.05, 0) is 31.4 Å². The molecule has 1 fully saturated rings. The topological polar surface area (TPSA) is 64.6 Å². The molecule has 144 valence electrons. The molecule has 7 heteroatoms. The minimum Gasteiger partial charge on any atom is -0.453 e. The summed E-state index contributed by atoms with van der Waals surface area (Å²) in [6, 6.07) is 5.85. The second-order valence-electron chi connectivity index (χ2n) is 6.54. The van der Waals surface area contributed by atoms with E-state index in [1.165, 1.54) is 44.4 Å². The van der Waals surface area contributed by atoms with Crippen LogP contribution in [0.5, 0.6) is 5.75 Å². The highest BCUT2D eigenvalue weighted by Crippen LogP contribution is 2.28. The van der Waals surface area contributed by atoms with Gasteiger partial charge in [-0.2, -0.15) is 8.78 Å². The Morgan fingerprint density at radius 3 is 2.58 bits per heavy atom. The molecule has 1 aromatic rings. The second-order valence-corrected chi connectivity index (χ2v) is 6.54. The molecule has 0 saturated heterocycles. The summed E-state index contributed by atoms with van der Waals surface area (Å²) >= 11 is 0. The number of esters is 1. The van der Waals surface area contributed by atoms with E-state index < -0.39 is 24.6 Å². The predicted molar refractivity (Wildman–Crippen MR) is 93.1 cm³/mol. The van der Waals surface area contributed by atoms with Gasteiger partial charge in [-0.15, -0.1) is 0 Å². The summed E-state index contributed by atoms with van der Waals surface area (Å²) in [6.07, 6.45) is 6.00. The highest BCUT2D eigenvalue weighted by Gasteiger charge is 2.21. The number of nitrogens with one attached hydrogen (secondary N) is 1. The molecule has 2 rings (SSSR count). The molecule has 1 aromatic carbocycles. The van der Waals surface area contributed by atoms with Crippen LogP contribution in [0.4, 0.5) is 14.5 Å². The highest BCUT2D eigenvalue weighted by atomic mass is 19.3. The van der Waals surface area contributed by atoms with E-state index in [-0.39, 0.29) is 17.9 Å². The van der Waals surface area contributed by atoms with Crippen molar-refractivity contribution in [2.45, 2.75) is 64.6 Å². The monoisotopic (exact) mass is 369 g/mol. The van der Waals surface area contributed by atoms with Gasteiger partial charge >= 0.3 is 12.6 Å². The molecule has 1 atom stereocenters. The number of halogens is 2. The Bertz CT molecular complexity index is 603. The number of para-hydroxylation sites is 2. The van der Waals surface area contributed by atoms with Crippen LogP contribution in [-0.4, -0.2) is 24.6 Å². The van der Waals surface area contributed by atoms with Crippen molar-refractivity contribution in [2.24, 2.45) is 5.92 Å². The smallest absolute Gasteiger partial charge is 0.387 e. The van der Waals surface area contributed by atoms with Crippen molar-refractivity contribution in [1.82, 2.24) is 0 Å². The van der Waals surface area contributed by atoms with Crippen LogP contribution in [0.25, 0.3) is 0 Å². The average molecular weight is 369 g/mol. The van der Waals surface area contributed by atoms with E-state index in [2.05, 4.69) is 10.1 Å². The summed E-state index contributed by atoms with van der Waals surface area (Å²) in [5, 5.41) is 2.45. The van der Waals surface area contributed by atoms with Gasteiger partial charge in [0, 0.05) is 6.42 Å². The number of rotatable bonds is 8. The van der Waals surface area contributed by atoms with Crippen molar-refractivity contribution in [1.29, 1.82) is 0 Å². The molecule has 5 nitrogen and oxygen atoms in total. The first kappa shape index (κ1) is 20.1. The summed E-state index contributed by atoms with van der Waals surface area (Å²) in [6.45, 7) is -1.55. The number of hydrogen-bond acceptors (Lipinski definition) is 4. The first-order valence-corrected chi connectivity index (χ1v) is 9.00. The number of alkyl halides is 2. The van der Waals surface area contributed by atoms with Crippen molar-refractivity contribution < 1.29 is 27.8 Å². The van der Waals surface area contributed by atoms with Crippen LogP contribution in [0.15, 0.2) is 24.3 Å². The molecule has 1 N–H and O–H groups in total. The molecular weight excluding hydrogens is 344 g/mol. The van der Waals surface area contributed by atoms with Gasteiger partial charge in [0.15, 0.2) is 6.10 Å². The average Bonchev–Trinajstić information content (AvgIpc) is 2.62. The zero-order valence-electron chi connectivity index (χ0n) is 14.9.